The normalized spacial score (nSPS) is 24.8. The average Bonchev–Trinajstić information content (AvgIpc) is 3.33. The lowest BCUT2D eigenvalue weighted by Crippen LogP contribution is -2.48. The number of furan rings is 1. The molecule has 2 atom stereocenters. The van der Waals surface area contributed by atoms with Crippen LogP contribution < -0.4 is 10.6 Å². The summed E-state index contributed by atoms with van der Waals surface area (Å²) in [6, 6.07) is 4.78. The quantitative estimate of drug-likeness (QED) is 0.356. The summed E-state index contributed by atoms with van der Waals surface area (Å²) in [6.45, 7) is 4.34. The van der Waals surface area contributed by atoms with Crippen LogP contribution in [0, 0.1) is 0 Å². The zero-order valence-electron chi connectivity index (χ0n) is 15.2. The Hall–Kier alpha value is -0.800. The van der Waals surface area contributed by atoms with Crippen molar-refractivity contribution in [3.8, 4) is 0 Å². The average molecular weight is 462 g/mol. The van der Waals surface area contributed by atoms with Gasteiger partial charge < -0.3 is 20.2 Å². The Morgan fingerprint density at radius 3 is 2.80 bits per heavy atom. The van der Waals surface area contributed by atoms with Crippen LogP contribution in [0.1, 0.15) is 44.8 Å². The second kappa shape index (κ2) is 9.23. The molecule has 3 rings (SSSR count). The maximum absolute atomic E-state index is 10.5. The highest BCUT2D eigenvalue weighted by Gasteiger charge is 2.31. The highest BCUT2D eigenvalue weighted by atomic mass is 127. The van der Waals surface area contributed by atoms with E-state index in [-0.39, 0.29) is 24.0 Å². The molecule has 1 aliphatic carbocycles. The van der Waals surface area contributed by atoms with Gasteiger partial charge in [-0.15, -0.1) is 24.0 Å². The minimum absolute atomic E-state index is 0. The Labute approximate surface area is 167 Å². The summed E-state index contributed by atoms with van der Waals surface area (Å²) in [5.41, 5.74) is -1.06. The van der Waals surface area contributed by atoms with Crippen molar-refractivity contribution in [2.75, 3.05) is 26.7 Å². The third kappa shape index (κ3) is 5.34. The highest BCUT2D eigenvalue weighted by Crippen LogP contribution is 2.26. The largest absolute Gasteiger partial charge is 0.466 e. The van der Waals surface area contributed by atoms with Crippen LogP contribution in [0.15, 0.2) is 27.8 Å². The van der Waals surface area contributed by atoms with E-state index in [4.69, 9.17) is 4.42 Å². The lowest BCUT2D eigenvalue weighted by atomic mass is 10.0. The van der Waals surface area contributed by atoms with Crippen LogP contribution in [-0.4, -0.2) is 54.7 Å². The zero-order valence-corrected chi connectivity index (χ0v) is 17.5. The Bertz CT molecular complexity index is 541. The summed E-state index contributed by atoms with van der Waals surface area (Å²) in [6.07, 6.45) is 8.19. The predicted molar refractivity (Wildman–Crippen MR) is 110 cm³/mol. The fourth-order valence-corrected chi connectivity index (χ4v) is 3.82. The molecule has 7 heteroatoms. The number of nitrogens with one attached hydrogen (secondary N) is 2. The zero-order chi connectivity index (χ0) is 17.0. The third-order valence-corrected chi connectivity index (χ3v) is 5.28. The van der Waals surface area contributed by atoms with Gasteiger partial charge in [0.25, 0.3) is 0 Å². The SMILES string of the molecule is CN=C(NCC(C)(O)c1ccco1)NC1CCN(C2CCCC2)C1.I. The van der Waals surface area contributed by atoms with E-state index < -0.39 is 5.60 Å². The molecule has 1 aromatic heterocycles. The number of hydrogen-bond acceptors (Lipinski definition) is 4. The summed E-state index contributed by atoms with van der Waals surface area (Å²) in [5, 5.41) is 17.2. The Morgan fingerprint density at radius 1 is 1.40 bits per heavy atom. The predicted octanol–water partition coefficient (Wildman–Crippen LogP) is 2.29. The lowest BCUT2D eigenvalue weighted by molar-refractivity contribution is 0.0385. The molecule has 1 aliphatic heterocycles. The monoisotopic (exact) mass is 462 g/mol. The number of likely N-dealkylation sites (tertiary alicyclic amines) is 1. The van der Waals surface area contributed by atoms with Crippen LogP contribution in [-0.2, 0) is 5.60 Å². The molecule has 6 nitrogen and oxygen atoms in total. The minimum atomic E-state index is -1.06. The van der Waals surface area contributed by atoms with E-state index in [0.29, 0.717) is 18.3 Å². The summed E-state index contributed by atoms with van der Waals surface area (Å²) in [5.74, 6) is 1.29. The van der Waals surface area contributed by atoms with Gasteiger partial charge in [0.1, 0.15) is 11.4 Å². The molecule has 0 amide bonds. The number of rotatable bonds is 5. The van der Waals surface area contributed by atoms with E-state index in [2.05, 4.69) is 20.5 Å². The standard InChI is InChI=1S/C18H30N4O2.HI/c1-18(23,16-8-5-11-24-16)13-20-17(19-2)21-14-9-10-22(12-14)15-6-3-4-7-15;/h5,8,11,14-15,23H,3-4,6-7,9-10,12-13H2,1-2H3,(H2,19,20,21);1H. The summed E-state index contributed by atoms with van der Waals surface area (Å²) in [7, 11) is 1.76. The molecule has 142 valence electrons. The van der Waals surface area contributed by atoms with Gasteiger partial charge in [-0.25, -0.2) is 0 Å². The number of hydrogen-bond donors (Lipinski definition) is 3. The Balaban J connectivity index is 0.00000225. The van der Waals surface area contributed by atoms with Crippen LogP contribution in [0.2, 0.25) is 0 Å². The molecule has 1 aromatic rings. The second-order valence-electron chi connectivity index (χ2n) is 7.24. The van der Waals surface area contributed by atoms with Crippen LogP contribution in [0.5, 0.6) is 0 Å². The Morgan fingerprint density at radius 2 is 2.16 bits per heavy atom. The topological polar surface area (TPSA) is 73.0 Å². The first kappa shape index (κ1) is 20.5. The van der Waals surface area contributed by atoms with E-state index >= 15 is 0 Å². The fraction of sp³-hybridized carbons (Fsp3) is 0.722. The molecule has 2 aliphatic rings. The van der Waals surface area contributed by atoms with Crippen molar-refractivity contribution in [2.24, 2.45) is 4.99 Å². The van der Waals surface area contributed by atoms with Gasteiger partial charge in [0.2, 0.25) is 0 Å². The van der Waals surface area contributed by atoms with Gasteiger partial charge in [-0.1, -0.05) is 12.8 Å². The van der Waals surface area contributed by atoms with Crippen LogP contribution in [0.4, 0.5) is 0 Å². The molecular weight excluding hydrogens is 431 g/mol. The molecular formula is C18H31IN4O2. The molecule has 2 unspecified atom stereocenters. The molecule has 2 heterocycles. The highest BCUT2D eigenvalue weighted by molar-refractivity contribution is 14.0. The number of halogens is 1. The van der Waals surface area contributed by atoms with Crippen molar-refractivity contribution in [2.45, 2.75) is 56.7 Å². The van der Waals surface area contributed by atoms with E-state index in [1.165, 1.54) is 32.2 Å². The maximum atomic E-state index is 10.5. The first-order valence-electron chi connectivity index (χ1n) is 9.06. The molecule has 0 radical (unpaired) electrons. The maximum Gasteiger partial charge on any atom is 0.191 e. The van der Waals surface area contributed by atoms with E-state index in [9.17, 15) is 5.11 Å². The van der Waals surface area contributed by atoms with Crippen LogP contribution in [0.3, 0.4) is 0 Å². The van der Waals surface area contributed by atoms with Crippen LogP contribution in [0.25, 0.3) is 0 Å². The van der Waals surface area contributed by atoms with Gasteiger partial charge in [0.15, 0.2) is 5.96 Å². The van der Waals surface area contributed by atoms with Crippen molar-refractivity contribution in [1.82, 2.24) is 15.5 Å². The number of nitrogens with zero attached hydrogens (tertiary/aromatic N) is 2. The van der Waals surface area contributed by atoms with Gasteiger partial charge in [0, 0.05) is 32.2 Å². The van der Waals surface area contributed by atoms with Gasteiger partial charge >= 0.3 is 0 Å². The molecule has 0 aromatic carbocycles. The minimum Gasteiger partial charge on any atom is -0.466 e. The molecule has 1 saturated carbocycles. The molecule has 3 N–H and O–H groups in total. The molecule has 2 fully saturated rings. The first-order valence-corrected chi connectivity index (χ1v) is 9.06. The molecule has 0 bridgehead atoms. The van der Waals surface area contributed by atoms with Gasteiger partial charge in [-0.05, 0) is 38.3 Å². The van der Waals surface area contributed by atoms with Crippen molar-refractivity contribution in [1.29, 1.82) is 0 Å². The van der Waals surface area contributed by atoms with E-state index in [1.807, 2.05) is 0 Å². The van der Waals surface area contributed by atoms with Crippen molar-refractivity contribution < 1.29 is 9.52 Å². The molecule has 1 saturated heterocycles. The van der Waals surface area contributed by atoms with Crippen LogP contribution >= 0.6 is 24.0 Å². The summed E-state index contributed by atoms with van der Waals surface area (Å²) >= 11 is 0. The van der Waals surface area contributed by atoms with Gasteiger partial charge in [0.05, 0.1) is 12.8 Å². The number of aliphatic imine (C=N–C) groups is 1. The molecule has 25 heavy (non-hydrogen) atoms. The van der Waals surface area contributed by atoms with E-state index in [0.717, 1.165) is 25.0 Å². The van der Waals surface area contributed by atoms with Crippen molar-refractivity contribution in [3.05, 3.63) is 24.2 Å². The third-order valence-electron chi connectivity index (χ3n) is 5.28. The number of aliphatic hydroxyl groups is 1. The van der Waals surface area contributed by atoms with Gasteiger partial charge in [-0.2, -0.15) is 0 Å². The number of guanidine groups is 1. The molecule has 0 spiro atoms. The summed E-state index contributed by atoms with van der Waals surface area (Å²) < 4.78 is 5.31. The summed E-state index contributed by atoms with van der Waals surface area (Å²) in [4.78, 5) is 6.91. The van der Waals surface area contributed by atoms with Crippen molar-refractivity contribution >= 4 is 29.9 Å². The lowest BCUT2D eigenvalue weighted by Gasteiger charge is -2.25. The van der Waals surface area contributed by atoms with E-state index in [1.54, 1.807) is 32.4 Å². The second-order valence-corrected chi connectivity index (χ2v) is 7.24. The smallest absolute Gasteiger partial charge is 0.191 e. The van der Waals surface area contributed by atoms with Crippen molar-refractivity contribution in [3.63, 3.8) is 0 Å². The fourth-order valence-electron chi connectivity index (χ4n) is 3.82. The van der Waals surface area contributed by atoms with Gasteiger partial charge in [-0.3, -0.25) is 9.89 Å². The first-order chi connectivity index (χ1) is 11.6. The Kier molecular flexibility index (Phi) is 7.57.